The highest BCUT2D eigenvalue weighted by molar-refractivity contribution is 5.78. The molecule has 1 aliphatic rings. The van der Waals surface area contributed by atoms with E-state index in [1.165, 1.54) is 35.1 Å². The second-order valence-electron chi connectivity index (χ2n) is 7.06. The lowest BCUT2D eigenvalue weighted by atomic mass is 9.92. The maximum absolute atomic E-state index is 12.2. The number of hydrogen-bond donors (Lipinski definition) is 1. The Morgan fingerprint density at radius 2 is 1.80 bits per heavy atom. The van der Waals surface area contributed by atoms with E-state index < -0.39 is 0 Å². The summed E-state index contributed by atoms with van der Waals surface area (Å²) in [5, 5.41) is 3.01. The van der Waals surface area contributed by atoms with Crippen molar-refractivity contribution in [1.82, 2.24) is 5.32 Å². The van der Waals surface area contributed by atoms with Crippen LogP contribution >= 0.6 is 0 Å². The van der Waals surface area contributed by atoms with E-state index in [2.05, 4.69) is 49.5 Å². The minimum Gasteiger partial charge on any atom is -0.484 e. The van der Waals surface area contributed by atoms with Gasteiger partial charge in [-0.05, 0) is 86.4 Å². The van der Waals surface area contributed by atoms with Crippen LogP contribution in [-0.4, -0.2) is 12.5 Å². The van der Waals surface area contributed by atoms with Gasteiger partial charge in [0.15, 0.2) is 6.61 Å². The molecule has 3 rings (SSSR count). The third-order valence-electron chi connectivity index (χ3n) is 5.10. The maximum atomic E-state index is 12.2. The molecule has 3 heteroatoms. The van der Waals surface area contributed by atoms with Crippen molar-refractivity contribution in [3.05, 3.63) is 64.2 Å². The molecule has 0 fully saturated rings. The first-order valence-electron chi connectivity index (χ1n) is 9.14. The molecule has 1 amide bonds. The van der Waals surface area contributed by atoms with Crippen LogP contribution in [0, 0.1) is 13.8 Å². The van der Waals surface area contributed by atoms with E-state index in [0.717, 1.165) is 24.2 Å². The fraction of sp³-hybridized carbons (Fsp3) is 0.409. The van der Waals surface area contributed by atoms with Crippen molar-refractivity contribution in [3.8, 4) is 5.75 Å². The molecule has 25 heavy (non-hydrogen) atoms. The quantitative estimate of drug-likeness (QED) is 0.876. The fourth-order valence-corrected chi connectivity index (χ4v) is 3.35. The van der Waals surface area contributed by atoms with Gasteiger partial charge in [0.1, 0.15) is 5.75 Å². The van der Waals surface area contributed by atoms with Gasteiger partial charge in [-0.25, -0.2) is 0 Å². The van der Waals surface area contributed by atoms with Crippen molar-refractivity contribution >= 4 is 5.91 Å². The number of carbonyl (C=O) groups is 1. The second kappa shape index (κ2) is 7.73. The number of aryl methyl sites for hydroxylation is 4. The topological polar surface area (TPSA) is 38.3 Å². The van der Waals surface area contributed by atoms with Crippen molar-refractivity contribution in [2.45, 2.75) is 52.5 Å². The molecule has 0 radical (unpaired) electrons. The molecule has 1 aliphatic carbocycles. The van der Waals surface area contributed by atoms with Crippen molar-refractivity contribution < 1.29 is 9.53 Å². The van der Waals surface area contributed by atoms with E-state index in [9.17, 15) is 4.79 Å². The van der Waals surface area contributed by atoms with Crippen LogP contribution in [-0.2, 0) is 17.6 Å². The number of ether oxygens (including phenoxy) is 1. The van der Waals surface area contributed by atoms with Gasteiger partial charge in [-0.15, -0.1) is 0 Å². The van der Waals surface area contributed by atoms with E-state index >= 15 is 0 Å². The average Bonchev–Trinajstić information content (AvgIpc) is 2.62. The molecule has 3 nitrogen and oxygen atoms in total. The third kappa shape index (κ3) is 4.41. The van der Waals surface area contributed by atoms with E-state index in [-0.39, 0.29) is 18.6 Å². The molecular formula is C22H27NO2. The highest BCUT2D eigenvalue weighted by Crippen LogP contribution is 2.25. The molecule has 132 valence electrons. The van der Waals surface area contributed by atoms with Crippen molar-refractivity contribution in [2.75, 3.05) is 6.61 Å². The fourth-order valence-electron chi connectivity index (χ4n) is 3.35. The molecule has 0 spiro atoms. The summed E-state index contributed by atoms with van der Waals surface area (Å²) in [7, 11) is 0. The first-order valence-corrected chi connectivity index (χ1v) is 9.14. The summed E-state index contributed by atoms with van der Waals surface area (Å²) < 4.78 is 5.70. The molecule has 2 aromatic rings. The zero-order valence-corrected chi connectivity index (χ0v) is 15.4. The zero-order valence-electron chi connectivity index (χ0n) is 15.4. The van der Waals surface area contributed by atoms with Crippen LogP contribution in [0.4, 0.5) is 0 Å². The lowest BCUT2D eigenvalue weighted by Crippen LogP contribution is -2.31. The molecule has 2 aromatic carbocycles. The Morgan fingerprint density at radius 3 is 2.56 bits per heavy atom. The molecule has 1 atom stereocenters. The molecular weight excluding hydrogens is 310 g/mol. The Hall–Kier alpha value is -2.29. The number of benzene rings is 2. The largest absolute Gasteiger partial charge is 0.484 e. The summed E-state index contributed by atoms with van der Waals surface area (Å²) in [6, 6.07) is 12.5. The molecule has 1 unspecified atom stereocenters. The van der Waals surface area contributed by atoms with E-state index in [0.29, 0.717) is 0 Å². The molecule has 0 heterocycles. The van der Waals surface area contributed by atoms with Crippen LogP contribution in [0.3, 0.4) is 0 Å². The van der Waals surface area contributed by atoms with Crippen LogP contribution in [0.15, 0.2) is 36.4 Å². The summed E-state index contributed by atoms with van der Waals surface area (Å²) >= 11 is 0. The first-order chi connectivity index (χ1) is 12.0. The van der Waals surface area contributed by atoms with Gasteiger partial charge in [-0.1, -0.05) is 24.3 Å². The Morgan fingerprint density at radius 1 is 1.04 bits per heavy atom. The van der Waals surface area contributed by atoms with Gasteiger partial charge < -0.3 is 10.1 Å². The standard InChI is InChI=1S/C22H27NO2/c1-15-8-9-19(12-16(15)2)17(3)23-22(24)14-25-21-11-10-18-6-4-5-7-20(18)13-21/h8-13,17H,4-7,14H2,1-3H3,(H,23,24). The first kappa shape index (κ1) is 17.5. The number of nitrogens with one attached hydrogen (secondary N) is 1. The number of fused-ring (bicyclic) bond motifs is 1. The predicted octanol–water partition coefficient (Wildman–Crippen LogP) is 4.44. The van der Waals surface area contributed by atoms with E-state index in [4.69, 9.17) is 4.74 Å². The molecule has 0 aliphatic heterocycles. The van der Waals surface area contributed by atoms with Gasteiger partial charge in [0.2, 0.25) is 0 Å². The Labute approximate surface area is 150 Å². The van der Waals surface area contributed by atoms with Gasteiger partial charge in [-0.3, -0.25) is 4.79 Å². The Balaban J connectivity index is 1.54. The van der Waals surface area contributed by atoms with Gasteiger partial charge in [-0.2, -0.15) is 0 Å². The van der Waals surface area contributed by atoms with Crippen LogP contribution in [0.5, 0.6) is 5.75 Å². The zero-order chi connectivity index (χ0) is 17.8. The highest BCUT2D eigenvalue weighted by Gasteiger charge is 2.13. The lowest BCUT2D eigenvalue weighted by Gasteiger charge is -2.18. The number of hydrogen-bond acceptors (Lipinski definition) is 2. The van der Waals surface area contributed by atoms with Gasteiger partial charge >= 0.3 is 0 Å². The monoisotopic (exact) mass is 337 g/mol. The summed E-state index contributed by atoms with van der Waals surface area (Å²) in [5.41, 5.74) is 6.41. The summed E-state index contributed by atoms with van der Waals surface area (Å²) in [6.45, 7) is 6.23. The molecule has 0 saturated heterocycles. The predicted molar refractivity (Wildman–Crippen MR) is 101 cm³/mol. The summed E-state index contributed by atoms with van der Waals surface area (Å²) in [4.78, 5) is 12.2. The van der Waals surface area contributed by atoms with Crippen LogP contribution in [0.2, 0.25) is 0 Å². The number of rotatable bonds is 5. The van der Waals surface area contributed by atoms with Gasteiger partial charge in [0, 0.05) is 0 Å². The number of carbonyl (C=O) groups excluding carboxylic acids is 1. The Bertz CT molecular complexity index is 767. The van der Waals surface area contributed by atoms with Crippen molar-refractivity contribution in [2.24, 2.45) is 0 Å². The maximum Gasteiger partial charge on any atom is 0.258 e. The SMILES string of the molecule is Cc1ccc(C(C)NC(=O)COc2ccc3c(c2)CCCC3)cc1C. The van der Waals surface area contributed by atoms with Gasteiger partial charge in [0.05, 0.1) is 6.04 Å². The second-order valence-corrected chi connectivity index (χ2v) is 7.06. The van der Waals surface area contributed by atoms with E-state index in [1.54, 1.807) is 0 Å². The van der Waals surface area contributed by atoms with Crippen molar-refractivity contribution in [3.63, 3.8) is 0 Å². The van der Waals surface area contributed by atoms with Gasteiger partial charge in [0.25, 0.3) is 5.91 Å². The van der Waals surface area contributed by atoms with Crippen LogP contribution in [0.1, 0.15) is 53.6 Å². The molecule has 0 saturated carbocycles. The van der Waals surface area contributed by atoms with E-state index in [1.807, 2.05) is 13.0 Å². The third-order valence-corrected chi connectivity index (χ3v) is 5.10. The molecule has 1 N–H and O–H groups in total. The normalized spacial score (nSPS) is 14.5. The smallest absolute Gasteiger partial charge is 0.258 e. The van der Waals surface area contributed by atoms with Crippen molar-refractivity contribution in [1.29, 1.82) is 0 Å². The summed E-state index contributed by atoms with van der Waals surface area (Å²) in [5.74, 6) is 0.693. The average molecular weight is 337 g/mol. The summed E-state index contributed by atoms with van der Waals surface area (Å²) in [6.07, 6.45) is 4.78. The molecule has 0 aromatic heterocycles. The number of amides is 1. The minimum atomic E-state index is -0.0940. The van der Waals surface area contributed by atoms with Crippen LogP contribution < -0.4 is 10.1 Å². The minimum absolute atomic E-state index is 0.0288. The Kier molecular flexibility index (Phi) is 5.42. The molecule has 0 bridgehead atoms. The van der Waals surface area contributed by atoms with Crippen LogP contribution in [0.25, 0.3) is 0 Å². The highest BCUT2D eigenvalue weighted by atomic mass is 16.5. The lowest BCUT2D eigenvalue weighted by molar-refractivity contribution is -0.123.